The molecule has 0 radical (unpaired) electrons. The van der Waals surface area contributed by atoms with Crippen LogP contribution in [0.25, 0.3) is 10.9 Å². The molecule has 1 N–H and O–H groups in total. The normalized spacial score (nSPS) is 18.2. The van der Waals surface area contributed by atoms with Crippen molar-refractivity contribution in [3.63, 3.8) is 0 Å². The Balaban J connectivity index is 1.55. The summed E-state index contributed by atoms with van der Waals surface area (Å²) in [7, 11) is 0. The van der Waals surface area contributed by atoms with Gasteiger partial charge in [0.1, 0.15) is 12.4 Å². The molecule has 0 aliphatic carbocycles. The zero-order valence-corrected chi connectivity index (χ0v) is 15.7. The average Bonchev–Trinajstić information content (AvgIpc) is 3.17. The quantitative estimate of drug-likeness (QED) is 0.741. The van der Waals surface area contributed by atoms with Crippen LogP contribution in [0.2, 0.25) is 0 Å². The van der Waals surface area contributed by atoms with Crippen LogP contribution < -0.4 is 0 Å². The van der Waals surface area contributed by atoms with Gasteiger partial charge in [0.05, 0.1) is 12.6 Å². The van der Waals surface area contributed by atoms with Gasteiger partial charge in [0.25, 0.3) is 0 Å². The molecule has 148 valence electrons. The van der Waals surface area contributed by atoms with Gasteiger partial charge in [-0.2, -0.15) is 0 Å². The van der Waals surface area contributed by atoms with Crippen molar-refractivity contribution >= 4 is 22.9 Å². The minimum atomic E-state index is -0.998. The van der Waals surface area contributed by atoms with Crippen LogP contribution in [0, 0.1) is 5.82 Å². The summed E-state index contributed by atoms with van der Waals surface area (Å²) < 4.78 is 15.5. The lowest BCUT2D eigenvalue weighted by Gasteiger charge is -2.29. The Labute approximate surface area is 166 Å². The molecule has 5 rings (SSSR count). The molecule has 2 aromatic carbocycles. The molecule has 2 amide bonds. The topological polar surface area (TPSA) is 65.8 Å². The van der Waals surface area contributed by atoms with E-state index < -0.39 is 5.97 Å². The van der Waals surface area contributed by atoms with Crippen LogP contribution in [-0.4, -0.2) is 50.6 Å². The van der Waals surface area contributed by atoms with Crippen molar-refractivity contribution in [1.29, 1.82) is 0 Å². The fourth-order valence-corrected chi connectivity index (χ4v) is 4.62. The van der Waals surface area contributed by atoms with E-state index in [2.05, 4.69) is 16.7 Å². The Morgan fingerprint density at radius 2 is 1.90 bits per heavy atom. The Hall–Kier alpha value is -3.35. The van der Waals surface area contributed by atoms with E-state index in [4.69, 9.17) is 5.11 Å². The van der Waals surface area contributed by atoms with Gasteiger partial charge in [0.2, 0.25) is 0 Å². The lowest BCUT2D eigenvalue weighted by molar-refractivity contribution is -0.137. The number of hydrogen-bond acceptors (Lipinski definition) is 2. The monoisotopic (exact) mass is 393 g/mol. The highest BCUT2D eigenvalue weighted by Crippen LogP contribution is 2.36. The van der Waals surface area contributed by atoms with Crippen molar-refractivity contribution in [3.05, 3.63) is 71.2 Å². The SMILES string of the molecule is O=C(O)CN1CC2Cc3c(n(Cc4ccc(F)cc4)c4ccccc34)CN2C1=O. The fourth-order valence-electron chi connectivity index (χ4n) is 4.62. The molecule has 1 saturated heterocycles. The maximum absolute atomic E-state index is 13.3. The number of fused-ring (bicyclic) bond motifs is 4. The van der Waals surface area contributed by atoms with Crippen molar-refractivity contribution in [2.24, 2.45) is 0 Å². The highest BCUT2D eigenvalue weighted by molar-refractivity contribution is 5.88. The van der Waals surface area contributed by atoms with Gasteiger partial charge in [-0.15, -0.1) is 0 Å². The molecule has 0 spiro atoms. The number of halogens is 1. The zero-order valence-electron chi connectivity index (χ0n) is 15.7. The molecule has 1 unspecified atom stereocenters. The number of aliphatic carboxylic acids is 1. The van der Waals surface area contributed by atoms with Gasteiger partial charge in [0.15, 0.2) is 0 Å². The number of amides is 2. The molecule has 29 heavy (non-hydrogen) atoms. The summed E-state index contributed by atoms with van der Waals surface area (Å²) in [5, 5.41) is 10.2. The number of para-hydroxylation sites is 1. The Morgan fingerprint density at radius 1 is 1.14 bits per heavy atom. The summed E-state index contributed by atoms with van der Waals surface area (Å²) >= 11 is 0. The molecule has 1 aromatic heterocycles. The van der Waals surface area contributed by atoms with E-state index in [0.717, 1.165) is 22.2 Å². The summed E-state index contributed by atoms with van der Waals surface area (Å²) in [6, 6.07) is 14.4. The third-order valence-corrected chi connectivity index (χ3v) is 5.92. The molecule has 3 heterocycles. The second kappa shape index (κ2) is 6.62. The first-order valence-electron chi connectivity index (χ1n) is 9.62. The number of aromatic nitrogens is 1. The second-order valence-corrected chi connectivity index (χ2v) is 7.70. The van der Waals surface area contributed by atoms with Crippen molar-refractivity contribution in [1.82, 2.24) is 14.4 Å². The zero-order chi connectivity index (χ0) is 20.1. The Morgan fingerprint density at radius 3 is 2.66 bits per heavy atom. The number of rotatable bonds is 4. The van der Waals surface area contributed by atoms with Crippen LogP contribution in [0.15, 0.2) is 48.5 Å². The van der Waals surface area contributed by atoms with Crippen LogP contribution in [-0.2, 0) is 24.3 Å². The van der Waals surface area contributed by atoms with E-state index in [1.54, 1.807) is 17.0 Å². The number of carboxylic acid groups (broad SMARTS) is 1. The maximum atomic E-state index is 13.3. The largest absolute Gasteiger partial charge is 0.480 e. The van der Waals surface area contributed by atoms with E-state index in [9.17, 15) is 14.0 Å². The predicted octanol–water partition coefficient (Wildman–Crippen LogP) is 3.08. The van der Waals surface area contributed by atoms with Crippen LogP contribution >= 0.6 is 0 Å². The molecule has 1 fully saturated rings. The van der Waals surface area contributed by atoms with Gasteiger partial charge in [0, 0.05) is 29.7 Å². The fraction of sp³-hybridized carbons (Fsp3) is 0.273. The number of benzene rings is 2. The van der Waals surface area contributed by atoms with Gasteiger partial charge in [-0.3, -0.25) is 4.79 Å². The predicted molar refractivity (Wildman–Crippen MR) is 105 cm³/mol. The van der Waals surface area contributed by atoms with E-state index in [1.165, 1.54) is 22.6 Å². The van der Waals surface area contributed by atoms with E-state index >= 15 is 0 Å². The third kappa shape index (κ3) is 2.93. The number of carbonyl (C=O) groups is 2. The van der Waals surface area contributed by atoms with Crippen molar-refractivity contribution in [3.8, 4) is 0 Å². The molecule has 0 saturated carbocycles. The first-order valence-corrected chi connectivity index (χ1v) is 9.62. The Kier molecular flexibility index (Phi) is 4.04. The average molecular weight is 393 g/mol. The van der Waals surface area contributed by atoms with Crippen molar-refractivity contribution < 1.29 is 19.1 Å². The maximum Gasteiger partial charge on any atom is 0.323 e. The summed E-state index contributed by atoms with van der Waals surface area (Å²) in [5.41, 5.74) is 4.36. The van der Waals surface area contributed by atoms with E-state index in [0.29, 0.717) is 26.1 Å². The number of carbonyl (C=O) groups excluding carboxylic acids is 1. The standard InChI is InChI=1S/C22H20FN3O3/c23-15-7-5-14(6-8-15)10-26-19-4-2-1-3-17(19)18-9-16-11-24(13-21(27)28)22(29)25(16)12-20(18)26/h1-8,16H,9-13H2,(H,27,28). The van der Waals surface area contributed by atoms with Crippen molar-refractivity contribution in [2.45, 2.75) is 25.6 Å². The summed E-state index contributed by atoms with van der Waals surface area (Å²) in [6.07, 6.45) is 0.703. The summed E-state index contributed by atoms with van der Waals surface area (Å²) in [5.74, 6) is -1.26. The second-order valence-electron chi connectivity index (χ2n) is 7.70. The molecule has 1 atom stereocenters. The first-order chi connectivity index (χ1) is 14.0. The van der Waals surface area contributed by atoms with Crippen LogP contribution in [0.3, 0.4) is 0 Å². The van der Waals surface area contributed by atoms with Crippen LogP contribution in [0.5, 0.6) is 0 Å². The third-order valence-electron chi connectivity index (χ3n) is 5.92. The van der Waals surface area contributed by atoms with Gasteiger partial charge in [-0.1, -0.05) is 30.3 Å². The number of nitrogens with zero attached hydrogens (tertiary/aromatic N) is 3. The minimum Gasteiger partial charge on any atom is -0.480 e. The van der Waals surface area contributed by atoms with Gasteiger partial charge in [-0.05, 0) is 35.7 Å². The molecule has 2 aliphatic heterocycles. The lowest BCUT2D eigenvalue weighted by Crippen LogP contribution is -2.40. The molecule has 7 heteroatoms. The number of urea groups is 1. The van der Waals surface area contributed by atoms with Gasteiger partial charge in [-0.25, -0.2) is 9.18 Å². The molecule has 6 nitrogen and oxygen atoms in total. The number of carboxylic acids is 1. The van der Waals surface area contributed by atoms with E-state index in [1.807, 2.05) is 12.1 Å². The summed E-state index contributed by atoms with van der Waals surface area (Å²) in [4.78, 5) is 27.0. The van der Waals surface area contributed by atoms with Gasteiger partial charge >= 0.3 is 12.0 Å². The summed E-state index contributed by atoms with van der Waals surface area (Å²) in [6.45, 7) is 1.20. The molecule has 3 aromatic rings. The van der Waals surface area contributed by atoms with Crippen LogP contribution in [0.1, 0.15) is 16.8 Å². The first kappa shape index (κ1) is 17.7. The number of hydrogen-bond donors (Lipinski definition) is 1. The highest BCUT2D eigenvalue weighted by atomic mass is 19.1. The molecule has 0 bridgehead atoms. The molecular weight excluding hydrogens is 373 g/mol. The Bertz CT molecular complexity index is 1120. The smallest absolute Gasteiger partial charge is 0.323 e. The van der Waals surface area contributed by atoms with Crippen molar-refractivity contribution in [2.75, 3.05) is 13.1 Å². The van der Waals surface area contributed by atoms with E-state index in [-0.39, 0.29) is 24.4 Å². The lowest BCUT2D eigenvalue weighted by atomic mass is 9.98. The van der Waals surface area contributed by atoms with Gasteiger partial charge < -0.3 is 19.5 Å². The molecular formula is C22H20FN3O3. The molecule has 2 aliphatic rings. The highest BCUT2D eigenvalue weighted by Gasteiger charge is 2.42. The minimum absolute atomic E-state index is 0.0144. The van der Waals surface area contributed by atoms with Crippen LogP contribution in [0.4, 0.5) is 9.18 Å².